The van der Waals surface area contributed by atoms with E-state index in [2.05, 4.69) is 32.3 Å². The monoisotopic (exact) mass is 449 g/mol. The number of benzene rings is 2. The summed E-state index contributed by atoms with van der Waals surface area (Å²) in [6.07, 6.45) is 2.13. The average Bonchev–Trinajstić information content (AvgIpc) is 3.39. The molecule has 1 aliphatic rings. The Kier molecular flexibility index (Phi) is 4.81. The van der Waals surface area contributed by atoms with Gasteiger partial charge in [-0.15, -0.1) is 0 Å². The molecule has 5 rings (SSSR count). The van der Waals surface area contributed by atoms with E-state index in [4.69, 9.17) is 9.72 Å². The lowest BCUT2D eigenvalue weighted by molar-refractivity contribution is 0.0854. The van der Waals surface area contributed by atoms with Crippen molar-refractivity contribution in [2.45, 2.75) is 18.9 Å². The molecule has 5 nitrogen and oxygen atoms in total. The lowest BCUT2D eigenvalue weighted by Crippen LogP contribution is -2.32. The number of H-pyrrole nitrogens is 1. The number of pyridine rings is 1. The van der Waals surface area contributed by atoms with Crippen LogP contribution >= 0.6 is 15.9 Å². The molecule has 1 amide bonds. The van der Waals surface area contributed by atoms with E-state index in [1.165, 1.54) is 0 Å². The minimum Gasteiger partial charge on any atom is -0.376 e. The van der Waals surface area contributed by atoms with Crippen molar-refractivity contribution in [2.75, 3.05) is 13.2 Å². The summed E-state index contributed by atoms with van der Waals surface area (Å²) in [6.45, 7) is 1.28. The number of ether oxygens (including phenoxy) is 1. The van der Waals surface area contributed by atoms with Gasteiger partial charge in [-0.3, -0.25) is 4.79 Å². The van der Waals surface area contributed by atoms with E-state index in [0.29, 0.717) is 12.2 Å². The zero-order chi connectivity index (χ0) is 19.8. The molecule has 1 atom stereocenters. The Morgan fingerprint density at radius 3 is 2.90 bits per heavy atom. The Hall–Kier alpha value is -2.70. The van der Waals surface area contributed by atoms with Gasteiger partial charge in [-0.1, -0.05) is 46.3 Å². The molecule has 1 fully saturated rings. The van der Waals surface area contributed by atoms with Crippen molar-refractivity contribution in [3.63, 3.8) is 0 Å². The molecular formula is C23H20BrN3O2. The molecule has 1 saturated heterocycles. The second kappa shape index (κ2) is 7.61. The van der Waals surface area contributed by atoms with Gasteiger partial charge in [-0.05, 0) is 37.1 Å². The largest absolute Gasteiger partial charge is 0.376 e. The molecule has 1 aliphatic heterocycles. The van der Waals surface area contributed by atoms with Gasteiger partial charge in [-0.25, -0.2) is 4.98 Å². The fraction of sp³-hybridized carbons (Fsp3) is 0.217. The topological polar surface area (TPSA) is 67.0 Å². The molecule has 146 valence electrons. The third kappa shape index (κ3) is 3.54. The number of carbonyl (C=O) groups excluding carboxylic acids is 1. The molecule has 0 spiro atoms. The number of aromatic nitrogens is 2. The van der Waals surface area contributed by atoms with Crippen LogP contribution < -0.4 is 5.32 Å². The summed E-state index contributed by atoms with van der Waals surface area (Å²) in [4.78, 5) is 21.1. The lowest BCUT2D eigenvalue weighted by Gasteiger charge is -2.12. The van der Waals surface area contributed by atoms with Gasteiger partial charge in [0.1, 0.15) is 5.69 Å². The van der Waals surface area contributed by atoms with Crippen LogP contribution in [0.1, 0.15) is 23.3 Å². The minimum atomic E-state index is -0.177. The molecule has 0 radical (unpaired) electrons. The number of halogens is 1. The normalized spacial score (nSPS) is 16.5. The van der Waals surface area contributed by atoms with E-state index in [1.807, 2.05) is 48.5 Å². The molecule has 29 heavy (non-hydrogen) atoms. The molecule has 6 heteroatoms. The summed E-state index contributed by atoms with van der Waals surface area (Å²) in [6, 6.07) is 18.0. The molecule has 0 bridgehead atoms. The van der Waals surface area contributed by atoms with Crippen LogP contribution in [0.4, 0.5) is 0 Å². The first-order chi connectivity index (χ1) is 14.2. The number of aromatic amines is 1. The first kappa shape index (κ1) is 18.3. The standard InChI is InChI=1S/C23H20BrN3O2/c24-15-6-3-5-14(11-15)21-22-18(17-8-1-2-9-19(17)26-22)12-20(27-21)23(28)25-13-16-7-4-10-29-16/h1-3,5-6,8-9,11-12,16,26H,4,7,10,13H2,(H,25,28)/t16-/m0/s1. The molecular weight excluding hydrogens is 430 g/mol. The number of para-hydroxylation sites is 1. The van der Waals surface area contributed by atoms with Crippen molar-refractivity contribution in [3.8, 4) is 11.3 Å². The summed E-state index contributed by atoms with van der Waals surface area (Å²) in [5.74, 6) is -0.177. The number of rotatable bonds is 4. The van der Waals surface area contributed by atoms with Gasteiger partial charge >= 0.3 is 0 Å². The van der Waals surface area contributed by atoms with Gasteiger partial charge in [0.25, 0.3) is 5.91 Å². The predicted octanol–water partition coefficient (Wildman–Crippen LogP) is 5.05. The lowest BCUT2D eigenvalue weighted by atomic mass is 10.1. The van der Waals surface area contributed by atoms with E-state index >= 15 is 0 Å². The fourth-order valence-corrected chi connectivity index (χ4v) is 4.31. The highest BCUT2D eigenvalue weighted by molar-refractivity contribution is 9.10. The van der Waals surface area contributed by atoms with Crippen molar-refractivity contribution in [1.29, 1.82) is 0 Å². The van der Waals surface area contributed by atoms with Gasteiger partial charge in [0.05, 0.1) is 17.3 Å². The fourth-order valence-electron chi connectivity index (χ4n) is 3.91. The number of amides is 1. The summed E-state index contributed by atoms with van der Waals surface area (Å²) >= 11 is 3.54. The maximum Gasteiger partial charge on any atom is 0.270 e. The Labute approximate surface area is 176 Å². The first-order valence-electron chi connectivity index (χ1n) is 9.76. The zero-order valence-electron chi connectivity index (χ0n) is 15.7. The number of nitrogens with zero attached hydrogens (tertiary/aromatic N) is 1. The maximum atomic E-state index is 12.9. The van der Waals surface area contributed by atoms with Crippen LogP contribution in [0.25, 0.3) is 33.1 Å². The highest BCUT2D eigenvalue weighted by atomic mass is 79.9. The van der Waals surface area contributed by atoms with Crippen LogP contribution in [0, 0.1) is 0 Å². The van der Waals surface area contributed by atoms with Crippen molar-refractivity contribution in [3.05, 3.63) is 64.8 Å². The number of carbonyl (C=O) groups is 1. The molecule has 2 N–H and O–H groups in total. The van der Waals surface area contributed by atoms with Crippen molar-refractivity contribution < 1.29 is 9.53 Å². The highest BCUT2D eigenvalue weighted by Crippen LogP contribution is 2.33. The number of fused-ring (bicyclic) bond motifs is 3. The van der Waals surface area contributed by atoms with Gasteiger partial charge in [0.2, 0.25) is 0 Å². The number of hydrogen-bond acceptors (Lipinski definition) is 3. The van der Waals surface area contributed by atoms with Crippen LogP contribution in [0.3, 0.4) is 0 Å². The quantitative estimate of drug-likeness (QED) is 0.457. The van der Waals surface area contributed by atoms with Crippen molar-refractivity contribution >= 4 is 43.6 Å². The molecule has 2 aromatic heterocycles. The molecule has 0 saturated carbocycles. The van der Waals surface area contributed by atoms with Crippen LogP contribution in [-0.4, -0.2) is 35.1 Å². The first-order valence-corrected chi connectivity index (χ1v) is 10.6. The summed E-state index contributed by atoms with van der Waals surface area (Å²) < 4.78 is 6.58. The predicted molar refractivity (Wildman–Crippen MR) is 118 cm³/mol. The van der Waals surface area contributed by atoms with E-state index < -0.39 is 0 Å². The Morgan fingerprint density at radius 2 is 2.07 bits per heavy atom. The summed E-state index contributed by atoms with van der Waals surface area (Å²) in [5.41, 5.74) is 4.08. The third-order valence-corrected chi connectivity index (χ3v) is 5.83. The van der Waals surface area contributed by atoms with Crippen LogP contribution in [0.15, 0.2) is 59.1 Å². The van der Waals surface area contributed by atoms with Crippen molar-refractivity contribution in [2.24, 2.45) is 0 Å². The van der Waals surface area contributed by atoms with Gasteiger partial charge < -0.3 is 15.0 Å². The Morgan fingerprint density at radius 1 is 1.17 bits per heavy atom. The average molecular weight is 450 g/mol. The maximum absolute atomic E-state index is 12.9. The van der Waals surface area contributed by atoms with Gasteiger partial charge in [0, 0.05) is 39.5 Å². The van der Waals surface area contributed by atoms with Gasteiger partial charge in [0.15, 0.2) is 0 Å². The van der Waals surface area contributed by atoms with E-state index in [9.17, 15) is 4.79 Å². The van der Waals surface area contributed by atoms with Crippen LogP contribution in [0.5, 0.6) is 0 Å². The molecule has 2 aromatic carbocycles. The smallest absolute Gasteiger partial charge is 0.270 e. The number of hydrogen-bond donors (Lipinski definition) is 2. The molecule has 4 aromatic rings. The third-order valence-electron chi connectivity index (χ3n) is 5.34. The molecule has 0 unspecified atom stereocenters. The Bertz CT molecular complexity index is 1210. The second-order valence-electron chi connectivity index (χ2n) is 7.30. The van der Waals surface area contributed by atoms with Crippen LogP contribution in [0.2, 0.25) is 0 Å². The second-order valence-corrected chi connectivity index (χ2v) is 8.22. The molecule has 3 heterocycles. The highest BCUT2D eigenvalue weighted by Gasteiger charge is 2.20. The summed E-state index contributed by atoms with van der Waals surface area (Å²) in [7, 11) is 0. The SMILES string of the molecule is O=C(NC[C@@H]1CCCO1)c1cc2c([nH]c3ccccc32)c(-c2cccc(Br)c2)n1. The van der Waals surface area contributed by atoms with Gasteiger partial charge in [-0.2, -0.15) is 0 Å². The van der Waals surface area contributed by atoms with E-state index in [1.54, 1.807) is 0 Å². The minimum absolute atomic E-state index is 0.0975. The number of nitrogens with one attached hydrogen (secondary N) is 2. The summed E-state index contributed by atoms with van der Waals surface area (Å²) in [5, 5.41) is 5.06. The Balaban J connectivity index is 1.62. The van der Waals surface area contributed by atoms with E-state index in [-0.39, 0.29) is 12.0 Å². The molecule has 0 aliphatic carbocycles. The van der Waals surface area contributed by atoms with Crippen molar-refractivity contribution in [1.82, 2.24) is 15.3 Å². The van der Waals surface area contributed by atoms with Crippen LogP contribution in [-0.2, 0) is 4.74 Å². The van der Waals surface area contributed by atoms with E-state index in [0.717, 1.165) is 57.0 Å². The zero-order valence-corrected chi connectivity index (χ0v) is 17.3.